The topological polar surface area (TPSA) is 73.2 Å². The number of nitrogens with zero attached hydrogens (tertiary/aromatic N) is 1. The van der Waals surface area contributed by atoms with E-state index in [2.05, 4.69) is 13.8 Å². The van der Waals surface area contributed by atoms with Crippen LogP contribution < -0.4 is 0 Å². The first kappa shape index (κ1) is 18.4. The van der Waals surface area contributed by atoms with Gasteiger partial charge in [0.25, 0.3) is 0 Å². The van der Waals surface area contributed by atoms with Gasteiger partial charge in [0.2, 0.25) is 0 Å². The Labute approximate surface area is 138 Å². The van der Waals surface area contributed by atoms with Gasteiger partial charge in [0.05, 0.1) is 24.9 Å². The Kier molecular flexibility index (Phi) is 6.56. The molecule has 2 rings (SSSR count). The standard InChI is InChI=1S/C18H29NO4/c1-14(2)8-18(9-16(22)12-20)10-17(13-21)23-19(18)11-15-6-4-3-5-7-15/h3-7,14,16-17,20-22H,8-13H2,1-2H3. The first-order chi connectivity index (χ1) is 11.0. The van der Waals surface area contributed by atoms with Crippen LogP contribution in [0.3, 0.4) is 0 Å². The molecule has 1 heterocycles. The number of aliphatic hydroxyl groups is 3. The fourth-order valence-corrected chi connectivity index (χ4v) is 3.62. The zero-order chi connectivity index (χ0) is 16.9. The molecule has 0 spiro atoms. The second-order valence-corrected chi connectivity index (χ2v) is 7.00. The van der Waals surface area contributed by atoms with E-state index in [-0.39, 0.29) is 24.9 Å². The van der Waals surface area contributed by atoms with Crippen LogP contribution in [-0.2, 0) is 11.4 Å². The lowest BCUT2D eigenvalue weighted by Gasteiger charge is -2.39. The molecule has 0 saturated carbocycles. The van der Waals surface area contributed by atoms with Crippen molar-refractivity contribution in [2.24, 2.45) is 5.92 Å². The predicted octanol–water partition coefficient (Wildman–Crippen LogP) is 1.71. The third-order valence-electron chi connectivity index (χ3n) is 4.40. The van der Waals surface area contributed by atoms with Gasteiger partial charge in [0.15, 0.2) is 0 Å². The largest absolute Gasteiger partial charge is 0.394 e. The number of benzene rings is 1. The van der Waals surface area contributed by atoms with Gasteiger partial charge in [-0.25, -0.2) is 0 Å². The van der Waals surface area contributed by atoms with Gasteiger partial charge in [-0.05, 0) is 30.7 Å². The summed E-state index contributed by atoms with van der Waals surface area (Å²) in [5, 5.41) is 30.8. The van der Waals surface area contributed by atoms with E-state index in [0.717, 1.165) is 12.0 Å². The summed E-state index contributed by atoms with van der Waals surface area (Å²) in [5.41, 5.74) is 0.747. The minimum atomic E-state index is -0.784. The molecule has 1 fully saturated rings. The molecule has 0 aliphatic carbocycles. The Morgan fingerprint density at radius 3 is 2.48 bits per heavy atom. The molecule has 0 radical (unpaired) electrons. The van der Waals surface area contributed by atoms with Gasteiger partial charge in [-0.2, -0.15) is 5.06 Å². The van der Waals surface area contributed by atoms with Gasteiger partial charge in [0, 0.05) is 6.54 Å². The first-order valence-corrected chi connectivity index (χ1v) is 8.37. The first-order valence-electron chi connectivity index (χ1n) is 8.37. The van der Waals surface area contributed by atoms with Gasteiger partial charge in [-0.15, -0.1) is 0 Å². The van der Waals surface area contributed by atoms with Crippen LogP contribution in [0.4, 0.5) is 0 Å². The monoisotopic (exact) mass is 323 g/mol. The van der Waals surface area contributed by atoms with Crippen molar-refractivity contribution < 1.29 is 20.2 Å². The van der Waals surface area contributed by atoms with Crippen LogP contribution in [0.2, 0.25) is 0 Å². The van der Waals surface area contributed by atoms with Crippen molar-refractivity contribution >= 4 is 0 Å². The lowest BCUT2D eigenvalue weighted by molar-refractivity contribution is -0.209. The Hall–Kier alpha value is -0.980. The van der Waals surface area contributed by atoms with E-state index < -0.39 is 6.10 Å². The van der Waals surface area contributed by atoms with Crippen LogP contribution in [-0.4, -0.2) is 51.3 Å². The molecule has 0 amide bonds. The molecule has 3 unspecified atom stereocenters. The summed E-state index contributed by atoms with van der Waals surface area (Å²) in [6.45, 7) is 4.57. The molecule has 1 aromatic rings. The maximum absolute atomic E-state index is 10.0. The summed E-state index contributed by atoms with van der Waals surface area (Å²) in [6, 6.07) is 10.0. The molecule has 1 aliphatic rings. The van der Waals surface area contributed by atoms with E-state index in [9.17, 15) is 15.3 Å². The van der Waals surface area contributed by atoms with E-state index in [1.54, 1.807) is 0 Å². The molecule has 0 bridgehead atoms. The van der Waals surface area contributed by atoms with Crippen molar-refractivity contribution in [1.82, 2.24) is 5.06 Å². The van der Waals surface area contributed by atoms with Gasteiger partial charge < -0.3 is 15.3 Å². The van der Waals surface area contributed by atoms with Crippen molar-refractivity contribution in [2.75, 3.05) is 13.2 Å². The number of rotatable bonds is 8. The molecule has 5 nitrogen and oxygen atoms in total. The summed E-state index contributed by atoms with van der Waals surface area (Å²) < 4.78 is 0. The Morgan fingerprint density at radius 2 is 1.91 bits per heavy atom. The summed E-state index contributed by atoms with van der Waals surface area (Å²) >= 11 is 0. The highest BCUT2D eigenvalue weighted by atomic mass is 16.7. The molecule has 1 saturated heterocycles. The Bertz CT molecular complexity index is 467. The molecular weight excluding hydrogens is 294 g/mol. The molecule has 3 N–H and O–H groups in total. The van der Waals surface area contributed by atoms with Crippen LogP contribution in [0.15, 0.2) is 30.3 Å². The highest BCUT2D eigenvalue weighted by Crippen LogP contribution is 2.41. The fraction of sp³-hybridized carbons (Fsp3) is 0.667. The highest BCUT2D eigenvalue weighted by molar-refractivity contribution is 5.15. The second-order valence-electron chi connectivity index (χ2n) is 7.00. The molecule has 130 valence electrons. The number of hydrogen-bond donors (Lipinski definition) is 3. The summed E-state index contributed by atoms with van der Waals surface area (Å²) in [4.78, 5) is 5.97. The van der Waals surface area contributed by atoms with Gasteiger partial charge in [-0.3, -0.25) is 4.84 Å². The van der Waals surface area contributed by atoms with E-state index >= 15 is 0 Å². The van der Waals surface area contributed by atoms with Crippen molar-refractivity contribution in [3.8, 4) is 0 Å². The smallest absolute Gasteiger partial charge is 0.104 e. The molecule has 0 aromatic heterocycles. The third-order valence-corrected chi connectivity index (χ3v) is 4.40. The second kappa shape index (κ2) is 8.22. The predicted molar refractivity (Wildman–Crippen MR) is 88.5 cm³/mol. The third kappa shape index (κ3) is 4.75. The minimum Gasteiger partial charge on any atom is -0.394 e. The van der Waals surface area contributed by atoms with Crippen molar-refractivity contribution in [3.63, 3.8) is 0 Å². The van der Waals surface area contributed by atoms with Crippen LogP contribution in [0, 0.1) is 5.92 Å². The van der Waals surface area contributed by atoms with Gasteiger partial charge >= 0.3 is 0 Å². The van der Waals surface area contributed by atoms with Crippen molar-refractivity contribution in [2.45, 2.75) is 57.4 Å². The van der Waals surface area contributed by atoms with Crippen molar-refractivity contribution in [3.05, 3.63) is 35.9 Å². The molecule has 3 atom stereocenters. The Balaban J connectivity index is 2.25. The van der Waals surface area contributed by atoms with Gasteiger partial charge in [-0.1, -0.05) is 44.2 Å². The number of hydroxylamine groups is 2. The fourth-order valence-electron chi connectivity index (χ4n) is 3.62. The minimum absolute atomic E-state index is 0.0413. The quantitative estimate of drug-likeness (QED) is 0.679. The highest BCUT2D eigenvalue weighted by Gasteiger charge is 2.47. The maximum Gasteiger partial charge on any atom is 0.104 e. The summed E-state index contributed by atoms with van der Waals surface area (Å²) in [5.74, 6) is 0.417. The molecule has 23 heavy (non-hydrogen) atoms. The van der Waals surface area contributed by atoms with Crippen LogP contribution in [0.5, 0.6) is 0 Å². The number of hydrogen-bond acceptors (Lipinski definition) is 5. The van der Waals surface area contributed by atoms with Gasteiger partial charge in [0.1, 0.15) is 6.10 Å². The van der Waals surface area contributed by atoms with Crippen LogP contribution in [0.25, 0.3) is 0 Å². The van der Waals surface area contributed by atoms with Crippen LogP contribution in [0.1, 0.15) is 38.7 Å². The summed E-state index contributed by atoms with van der Waals surface area (Å²) in [6.07, 6.45) is 0.890. The zero-order valence-corrected chi connectivity index (χ0v) is 14.1. The molecule has 1 aromatic carbocycles. The normalized spacial score (nSPS) is 26.8. The van der Waals surface area contributed by atoms with E-state index in [1.165, 1.54) is 0 Å². The molecule has 5 heteroatoms. The van der Waals surface area contributed by atoms with E-state index in [4.69, 9.17) is 4.84 Å². The maximum atomic E-state index is 10.0. The molecular formula is C18H29NO4. The lowest BCUT2D eigenvalue weighted by Crippen LogP contribution is -2.46. The van der Waals surface area contributed by atoms with Crippen molar-refractivity contribution in [1.29, 1.82) is 0 Å². The van der Waals surface area contributed by atoms with E-state index in [0.29, 0.717) is 25.3 Å². The average molecular weight is 323 g/mol. The molecule has 1 aliphatic heterocycles. The SMILES string of the molecule is CC(C)CC1(CC(O)CO)CC(CO)ON1Cc1ccccc1. The van der Waals surface area contributed by atoms with Crippen LogP contribution >= 0.6 is 0 Å². The lowest BCUT2D eigenvalue weighted by atomic mass is 9.80. The summed E-state index contributed by atoms with van der Waals surface area (Å²) in [7, 11) is 0. The number of aliphatic hydroxyl groups excluding tert-OH is 3. The Morgan fingerprint density at radius 1 is 1.22 bits per heavy atom. The average Bonchev–Trinajstić information content (AvgIpc) is 2.85. The zero-order valence-electron chi connectivity index (χ0n) is 14.1. The van der Waals surface area contributed by atoms with E-state index in [1.807, 2.05) is 35.4 Å².